The quantitative estimate of drug-likeness (QED) is 0.482. The van der Waals surface area contributed by atoms with Crippen molar-refractivity contribution in [3.63, 3.8) is 0 Å². The van der Waals surface area contributed by atoms with E-state index in [-0.39, 0.29) is 5.78 Å². The van der Waals surface area contributed by atoms with E-state index in [2.05, 4.69) is 5.32 Å². The summed E-state index contributed by atoms with van der Waals surface area (Å²) in [5.74, 6) is -0.390. The molecule has 1 aromatic rings. The third-order valence-corrected chi connectivity index (χ3v) is 3.26. The lowest BCUT2D eigenvalue weighted by Crippen LogP contribution is -2.56. The topological polar surface area (TPSA) is 101 Å². The Morgan fingerprint density at radius 2 is 2.05 bits per heavy atom. The van der Waals surface area contributed by atoms with Crippen LogP contribution >= 0.6 is 0 Å². The van der Waals surface area contributed by atoms with Crippen LogP contribution in [0.25, 0.3) is 0 Å². The molecule has 0 radical (unpaired) electrons. The van der Waals surface area contributed by atoms with Gasteiger partial charge in [0, 0.05) is 6.54 Å². The van der Waals surface area contributed by atoms with E-state index in [1.54, 1.807) is 0 Å². The van der Waals surface area contributed by atoms with E-state index >= 15 is 0 Å². The van der Waals surface area contributed by atoms with Gasteiger partial charge in [-0.2, -0.15) is 0 Å². The van der Waals surface area contributed by atoms with Crippen LogP contribution in [-0.2, 0) is 11.2 Å². The van der Waals surface area contributed by atoms with Crippen molar-refractivity contribution in [1.29, 1.82) is 0 Å². The molecule has 0 spiro atoms. The molecule has 6 N–H and O–H groups in total. The average Bonchev–Trinajstić information content (AvgIpc) is 2.44. The third-order valence-electron chi connectivity index (χ3n) is 3.26. The number of rotatable bonds is 9. The van der Waals surface area contributed by atoms with Crippen LogP contribution in [0.4, 0.5) is 0 Å². The number of carbonyl (C=O) groups excluding carboxylic acids is 1. The van der Waals surface area contributed by atoms with Gasteiger partial charge in [0.05, 0.1) is 6.04 Å². The highest BCUT2D eigenvalue weighted by Gasteiger charge is 2.33. The van der Waals surface area contributed by atoms with E-state index in [1.807, 2.05) is 30.3 Å². The number of hydrogen-bond donors (Lipinski definition) is 4. The van der Waals surface area contributed by atoms with Crippen molar-refractivity contribution in [3.8, 4) is 0 Å². The van der Waals surface area contributed by atoms with Crippen LogP contribution in [0.3, 0.4) is 0 Å². The Bertz CT molecular complexity index is 407. The largest absolute Gasteiger partial charge is 0.369 e. The van der Waals surface area contributed by atoms with E-state index in [9.17, 15) is 9.90 Å². The first-order chi connectivity index (χ1) is 9.47. The summed E-state index contributed by atoms with van der Waals surface area (Å²) in [6, 6.07) is 9.20. The van der Waals surface area contributed by atoms with Gasteiger partial charge in [-0.25, -0.2) is 0 Å². The lowest BCUT2D eigenvalue weighted by Gasteiger charge is -2.26. The molecule has 0 saturated carbocycles. The molecule has 5 nitrogen and oxygen atoms in total. The third kappa shape index (κ3) is 5.38. The highest BCUT2D eigenvalue weighted by Crippen LogP contribution is 2.07. The molecule has 2 atom stereocenters. The number of carbonyl (C=O) groups is 1. The molecule has 0 aliphatic carbocycles. The number of nitrogens with two attached hydrogens (primary N) is 2. The molecule has 5 heteroatoms. The monoisotopic (exact) mass is 279 g/mol. The molecule has 1 aromatic carbocycles. The molecular formula is C15H25N3O2. The predicted octanol–water partition coefficient (Wildman–Crippen LogP) is 0.163. The van der Waals surface area contributed by atoms with Gasteiger partial charge < -0.3 is 16.6 Å². The molecule has 20 heavy (non-hydrogen) atoms. The van der Waals surface area contributed by atoms with Crippen molar-refractivity contribution in [2.75, 3.05) is 13.1 Å². The molecule has 0 saturated heterocycles. The van der Waals surface area contributed by atoms with E-state index in [0.717, 1.165) is 12.0 Å². The Morgan fingerprint density at radius 3 is 2.65 bits per heavy atom. The second kappa shape index (κ2) is 8.11. The summed E-state index contributed by atoms with van der Waals surface area (Å²) < 4.78 is 0. The maximum atomic E-state index is 12.0. The molecule has 0 bridgehead atoms. The standard InChI is InChI=1S/C15H25N3O2/c1-15(20,14(19)13(17)8-5-10-16)18-11-9-12-6-3-2-4-7-12/h2-4,6-7,13,18,20H,5,8-11,16-17H2,1H3/t13-,15?/m1/s1. The van der Waals surface area contributed by atoms with E-state index in [4.69, 9.17) is 11.5 Å². The van der Waals surface area contributed by atoms with Gasteiger partial charge in [-0.3, -0.25) is 10.1 Å². The van der Waals surface area contributed by atoms with Gasteiger partial charge in [0.1, 0.15) is 0 Å². The van der Waals surface area contributed by atoms with Crippen LogP contribution < -0.4 is 16.8 Å². The average molecular weight is 279 g/mol. The van der Waals surface area contributed by atoms with Crippen molar-refractivity contribution in [2.24, 2.45) is 11.5 Å². The van der Waals surface area contributed by atoms with Crippen LogP contribution in [-0.4, -0.2) is 35.7 Å². The van der Waals surface area contributed by atoms with Crippen LogP contribution in [0, 0.1) is 0 Å². The maximum absolute atomic E-state index is 12.0. The van der Waals surface area contributed by atoms with Gasteiger partial charge in [0.15, 0.2) is 11.5 Å². The summed E-state index contributed by atoms with van der Waals surface area (Å²) in [6.45, 7) is 2.44. The normalized spacial score (nSPS) is 15.6. The summed E-state index contributed by atoms with van der Waals surface area (Å²) in [7, 11) is 0. The maximum Gasteiger partial charge on any atom is 0.195 e. The Morgan fingerprint density at radius 1 is 1.40 bits per heavy atom. The zero-order chi connectivity index (χ0) is 15.0. The molecule has 0 aliphatic rings. The van der Waals surface area contributed by atoms with Crippen LogP contribution in [0.2, 0.25) is 0 Å². The summed E-state index contributed by atoms with van der Waals surface area (Å²) in [6.07, 6.45) is 1.90. The van der Waals surface area contributed by atoms with Gasteiger partial charge in [-0.15, -0.1) is 0 Å². The zero-order valence-electron chi connectivity index (χ0n) is 12.0. The van der Waals surface area contributed by atoms with Crippen molar-refractivity contribution in [1.82, 2.24) is 5.32 Å². The molecule has 0 fully saturated rings. The second-order valence-electron chi connectivity index (χ2n) is 5.14. The van der Waals surface area contributed by atoms with Crippen molar-refractivity contribution in [3.05, 3.63) is 35.9 Å². The van der Waals surface area contributed by atoms with Crippen LogP contribution in [0.5, 0.6) is 0 Å². The first-order valence-electron chi connectivity index (χ1n) is 6.98. The number of benzene rings is 1. The van der Waals surface area contributed by atoms with Gasteiger partial charge >= 0.3 is 0 Å². The molecule has 0 aromatic heterocycles. The first-order valence-corrected chi connectivity index (χ1v) is 6.98. The fourth-order valence-electron chi connectivity index (χ4n) is 2.01. The highest BCUT2D eigenvalue weighted by atomic mass is 16.3. The molecule has 0 amide bonds. The smallest absolute Gasteiger partial charge is 0.195 e. The Kier molecular flexibility index (Phi) is 6.81. The molecule has 0 heterocycles. The lowest BCUT2D eigenvalue weighted by atomic mass is 9.99. The zero-order valence-corrected chi connectivity index (χ0v) is 12.0. The minimum absolute atomic E-state index is 0.390. The van der Waals surface area contributed by atoms with Gasteiger partial charge in [0.25, 0.3) is 0 Å². The fraction of sp³-hybridized carbons (Fsp3) is 0.533. The van der Waals surface area contributed by atoms with Crippen LogP contribution in [0.15, 0.2) is 30.3 Å². The van der Waals surface area contributed by atoms with Gasteiger partial charge in [0.2, 0.25) is 0 Å². The van der Waals surface area contributed by atoms with Crippen molar-refractivity contribution in [2.45, 2.75) is 38.0 Å². The minimum Gasteiger partial charge on any atom is -0.369 e. The van der Waals surface area contributed by atoms with Crippen LogP contribution in [0.1, 0.15) is 25.3 Å². The Balaban J connectivity index is 2.42. The molecular weight excluding hydrogens is 254 g/mol. The molecule has 1 unspecified atom stereocenters. The number of hydrogen-bond acceptors (Lipinski definition) is 5. The minimum atomic E-state index is -1.59. The number of aliphatic hydroxyl groups is 1. The summed E-state index contributed by atoms with van der Waals surface area (Å²) >= 11 is 0. The van der Waals surface area contributed by atoms with Gasteiger partial charge in [-0.1, -0.05) is 30.3 Å². The SMILES string of the molecule is CC(O)(NCCc1ccccc1)C(=O)[C@H](N)CCCN. The Hall–Kier alpha value is -1.27. The highest BCUT2D eigenvalue weighted by molar-refractivity contribution is 5.90. The van der Waals surface area contributed by atoms with E-state index < -0.39 is 11.8 Å². The first kappa shape index (κ1) is 16.8. The van der Waals surface area contributed by atoms with E-state index in [0.29, 0.717) is 25.9 Å². The lowest BCUT2D eigenvalue weighted by molar-refractivity contribution is -0.140. The van der Waals surface area contributed by atoms with Gasteiger partial charge in [-0.05, 0) is 38.3 Å². The number of nitrogens with one attached hydrogen (secondary N) is 1. The van der Waals surface area contributed by atoms with E-state index in [1.165, 1.54) is 6.92 Å². The molecule has 0 aliphatic heterocycles. The number of ketones is 1. The molecule has 112 valence electrons. The Labute approximate surface area is 120 Å². The summed E-state index contributed by atoms with van der Waals surface area (Å²) in [5.41, 5.74) is 10.7. The summed E-state index contributed by atoms with van der Waals surface area (Å²) in [4.78, 5) is 12.0. The van der Waals surface area contributed by atoms with Crippen molar-refractivity contribution >= 4 is 5.78 Å². The fourth-order valence-corrected chi connectivity index (χ4v) is 2.01. The number of Topliss-reactive ketones (excluding diaryl/α,β-unsaturated/α-hetero) is 1. The second-order valence-corrected chi connectivity index (χ2v) is 5.14. The molecule has 1 rings (SSSR count). The van der Waals surface area contributed by atoms with Crippen molar-refractivity contribution < 1.29 is 9.90 Å². The predicted molar refractivity (Wildman–Crippen MR) is 80.0 cm³/mol. The summed E-state index contributed by atoms with van der Waals surface area (Å²) in [5, 5.41) is 13.0.